The first-order chi connectivity index (χ1) is 12.3. The summed E-state index contributed by atoms with van der Waals surface area (Å²) in [6.45, 7) is 0. The number of ether oxygens (including phenoxy) is 1. The van der Waals surface area contributed by atoms with E-state index in [0.29, 0.717) is 11.3 Å². The average molecular weight is 381 g/mol. The van der Waals surface area contributed by atoms with Crippen molar-refractivity contribution >= 4 is 34.0 Å². The molecule has 0 radical (unpaired) electrons. The zero-order valence-corrected chi connectivity index (χ0v) is 13.9. The lowest BCUT2D eigenvalue weighted by molar-refractivity contribution is -0.274. The van der Waals surface area contributed by atoms with Gasteiger partial charge >= 0.3 is 6.36 Å². The van der Waals surface area contributed by atoms with Crippen molar-refractivity contribution in [2.75, 3.05) is 5.32 Å². The average Bonchev–Trinajstić information content (AvgIpc) is 2.53. The van der Waals surface area contributed by atoms with Gasteiger partial charge in [-0.15, -0.1) is 13.2 Å². The molecule has 1 amide bonds. The van der Waals surface area contributed by atoms with E-state index in [2.05, 4.69) is 15.0 Å². The van der Waals surface area contributed by atoms with E-state index in [-0.39, 0.29) is 11.4 Å². The Kier molecular flexibility index (Phi) is 4.99. The Bertz CT molecular complexity index is 955. The number of amides is 1. The molecule has 0 saturated heterocycles. The summed E-state index contributed by atoms with van der Waals surface area (Å²) in [6.07, 6.45) is -1.82. The van der Waals surface area contributed by atoms with Crippen LogP contribution in [0.2, 0.25) is 5.02 Å². The van der Waals surface area contributed by atoms with Gasteiger partial charge in [0.15, 0.2) is 0 Å². The van der Waals surface area contributed by atoms with Gasteiger partial charge in [0.1, 0.15) is 5.75 Å². The van der Waals surface area contributed by atoms with Crippen LogP contribution in [0.3, 0.4) is 0 Å². The molecule has 0 aliphatic heterocycles. The third-order valence-electron chi connectivity index (χ3n) is 3.47. The standard InChI is InChI=1S/C18H12ClF3N2O2/c19-13-5-11(6-14(8-13)26-18(20,21)22)7-17(25)24-16-10-23-9-12-3-1-2-4-15(12)16/h1-6,8-10H,7H2,(H,24,25). The Morgan fingerprint density at radius 2 is 1.92 bits per heavy atom. The SMILES string of the molecule is O=C(Cc1cc(Cl)cc(OC(F)(F)F)c1)Nc1cncc2ccccc12. The van der Waals surface area contributed by atoms with Crippen LogP contribution in [0.15, 0.2) is 54.9 Å². The Morgan fingerprint density at radius 3 is 2.69 bits per heavy atom. The third-order valence-corrected chi connectivity index (χ3v) is 3.69. The normalized spacial score (nSPS) is 11.4. The highest BCUT2D eigenvalue weighted by atomic mass is 35.5. The zero-order valence-electron chi connectivity index (χ0n) is 13.2. The quantitative estimate of drug-likeness (QED) is 0.695. The van der Waals surface area contributed by atoms with Crippen LogP contribution in [0, 0.1) is 0 Å². The Morgan fingerprint density at radius 1 is 1.15 bits per heavy atom. The Hall–Kier alpha value is -2.80. The van der Waals surface area contributed by atoms with Gasteiger partial charge < -0.3 is 10.1 Å². The minimum absolute atomic E-state index is 0.0429. The number of anilines is 1. The molecule has 0 aliphatic rings. The van der Waals surface area contributed by atoms with Gasteiger partial charge in [0.25, 0.3) is 0 Å². The molecule has 0 fully saturated rings. The summed E-state index contributed by atoms with van der Waals surface area (Å²) in [4.78, 5) is 16.3. The molecule has 134 valence electrons. The molecule has 26 heavy (non-hydrogen) atoms. The third kappa shape index (κ3) is 4.64. The summed E-state index contributed by atoms with van der Waals surface area (Å²) in [6, 6.07) is 10.9. The molecule has 0 bridgehead atoms. The largest absolute Gasteiger partial charge is 0.573 e. The number of hydrogen-bond donors (Lipinski definition) is 1. The number of hydrogen-bond acceptors (Lipinski definition) is 3. The molecule has 1 heterocycles. The lowest BCUT2D eigenvalue weighted by Gasteiger charge is -2.11. The van der Waals surface area contributed by atoms with Crippen molar-refractivity contribution in [3.05, 3.63) is 65.4 Å². The topological polar surface area (TPSA) is 51.2 Å². The number of halogens is 4. The molecule has 8 heteroatoms. The van der Waals surface area contributed by atoms with E-state index in [4.69, 9.17) is 11.6 Å². The van der Waals surface area contributed by atoms with Gasteiger partial charge in [-0.05, 0) is 23.8 Å². The van der Waals surface area contributed by atoms with E-state index in [1.807, 2.05) is 24.3 Å². The lowest BCUT2D eigenvalue weighted by Crippen LogP contribution is -2.18. The summed E-state index contributed by atoms with van der Waals surface area (Å²) in [7, 11) is 0. The maximum Gasteiger partial charge on any atom is 0.573 e. The highest BCUT2D eigenvalue weighted by Gasteiger charge is 2.31. The number of carbonyl (C=O) groups is 1. The highest BCUT2D eigenvalue weighted by Crippen LogP contribution is 2.27. The van der Waals surface area contributed by atoms with Crippen molar-refractivity contribution in [2.24, 2.45) is 0 Å². The van der Waals surface area contributed by atoms with Crippen LogP contribution in [-0.2, 0) is 11.2 Å². The first-order valence-corrected chi connectivity index (χ1v) is 7.86. The molecule has 3 rings (SSSR count). The predicted molar refractivity (Wildman–Crippen MR) is 92.2 cm³/mol. The van der Waals surface area contributed by atoms with Crippen LogP contribution >= 0.6 is 11.6 Å². The summed E-state index contributed by atoms with van der Waals surface area (Å²) in [5.41, 5.74) is 0.810. The van der Waals surface area contributed by atoms with Gasteiger partial charge in [0, 0.05) is 22.0 Å². The number of pyridine rings is 1. The van der Waals surface area contributed by atoms with Gasteiger partial charge in [-0.2, -0.15) is 0 Å². The molecule has 1 N–H and O–H groups in total. The minimum Gasteiger partial charge on any atom is -0.406 e. The van der Waals surface area contributed by atoms with Crippen LogP contribution in [0.4, 0.5) is 18.9 Å². The monoisotopic (exact) mass is 380 g/mol. The van der Waals surface area contributed by atoms with Crippen LogP contribution in [0.25, 0.3) is 10.8 Å². The second-order valence-corrected chi connectivity index (χ2v) is 5.91. The van der Waals surface area contributed by atoms with Gasteiger partial charge in [-0.25, -0.2) is 0 Å². The molecule has 3 aromatic rings. The maximum absolute atomic E-state index is 12.4. The number of alkyl halides is 3. The smallest absolute Gasteiger partial charge is 0.406 e. The second kappa shape index (κ2) is 7.21. The molecule has 0 spiro atoms. The molecular formula is C18H12ClF3N2O2. The van der Waals surface area contributed by atoms with Crippen molar-refractivity contribution in [1.82, 2.24) is 4.98 Å². The number of nitrogens with zero attached hydrogens (tertiary/aromatic N) is 1. The van der Waals surface area contributed by atoms with E-state index < -0.39 is 18.0 Å². The van der Waals surface area contributed by atoms with Gasteiger partial charge in [0.2, 0.25) is 5.91 Å². The first-order valence-electron chi connectivity index (χ1n) is 7.48. The molecule has 0 saturated carbocycles. The van der Waals surface area contributed by atoms with Crippen LogP contribution in [-0.4, -0.2) is 17.3 Å². The predicted octanol–water partition coefficient (Wildman–Crippen LogP) is 4.97. The number of nitrogens with one attached hydrogen (secondary N) is 1. The fourth-order valence-corrected chi connectivity index (χ4v) is 2.76. The fourth-order valence-electron chi connectivity index (χ4n) is 2.51. The minimum atomic E-state index is -4.83. The molecular weight excluding hydrogens is 369 g/mol. The summed E-state index contributed by atoms with van der Waals surface area (Å²) >= 11 is 5.81. The Balaban J connectivity index is 1.77. The molecule has 2 aromatic carbocycles. The van der Waals surface area contributed by atoms with Crippen molar-refractivity contribution < 1.29 is 22.7 Å². The van der Waals surface area contributed by atoms with Crippen LogP contribution in [0.1, 0.15) is 5.56 Å². The maximum atomic E-state index is 12.4. The summed E-state index contributed by atoms with van der Waals surface area (Å²) < 4.78 is 40.9. The molecule has 0 aliphatic carbocycles. The molecule has 0 atom stereocenters. The number of aromatic nitrogens is 1. The van der Waals surface area contributed by atoms with Gasteiger partial charge in [0.05, 0.1) is 18.3 Å². The lowest BCUT2D eigenvalue weighted by atomic mass is 10.1. The van der Waals surface area contributed by atoms with E-state index in [1.165, 1.54) is 12.3 Å². The molecule has 1 aromatic heterocycles. The zero-order chi connectivity index (χ0) is 18.7. The van der Waals surface area contributed by atoms with E-state index >= 15 is 0 Å². The second-order valence-electron chi connectivity index (χ2n) is 5.48. The highest BCUT2D eigenvalue weighted by molar-refractivity contribution is 6.30. The van der Waals surface area contributed by atoms with Crippen molar-refractivity contribution in [3.8, 4) is 5.75 Å². The summed E-state index contributed by atoms with van der Waals surface area (Å²) in [5.74, 6) is -0.886. The number of benzene rings is 2. The van der Waals surface area contributed by atoms with Gasteiger partial charge in [-0.3, -0.25) is 9.78 Å². The van der Waals surface area contributed by atoms with E-state index in [9.17, 15) is 18.0 Å². The first kappa shape index (κ1) is 18.0. The van der Waals surface area contributed by atoms with E-state index in [1.54, 1.807) is 6.20 Å². The Labute approximate surface area is 151 Å². The number of rotatable bonds is 4. The molecule has 0 unspecified atom stereocenters. The number of carbonyl (C=O) groups excluding carboxylic acids is 1. The summed E-state index contributed by atoms with van der Waals surface area (Å²) in [5, 5.41) is 4.42. The van der Waals surface area contributed by atoms with E-state index in [0.717, 1.165) is 22.9 Å². The van der Waals surface area contributed by atoms with Crippen molar-refractivity contribution in [2.45, 2.75) is 12.8 Å². The van der Waals surface area contributed by atoms with Crippen LogP contribution in [0.5, 0.6) is 5.75 Å². The fraction of sp³-hybridized carbons (Fsp3) is 0.111. The van der Waals surface area contributed by atoms with Crippen molar-refractivity contribution in [3.63, 3.8) is 0 Å². The number of fused-ring (bicyclic) bond motifs is 1. The van der Waals surface area contributed by atoms with Gasteiger partial charge in [-0.1, -0.05) is 35.9 Å². The van der Waals surface area contributed by atoms with Crippen molar-refractivity contribution in [1.29, 1.82) is 0 Å². The molecule has 4 nitrogen and oxygen atoms in total. The van der Waals surface area contributed by atoms with Crippen LogP contribution < -0.4 is 10.1 Å².